The molecule has 0 unspecified atom stereocenters. The Labute approximate surface area is 117 Å². The van der Waals surface area contributed by atoms with Gasteiger partial charge in [-0.15, -0.1) is 0 Å². The summed E-state index contributed by atoms with van der Waals surface area (Å²) in [6, 6.07) is 12.2. The van der Waals surface area contributed by atoms with Crippen LogP contribution in [-0.2, 0) is 0 Å². The molecular weight excluding hydrogens is 265 g/mol. The minimum atomic E-state index is -0.333. The van der Waals surface area contributed by atoms with Crippen LogP contribution in [0.5, 0.6) is 5.75 Å². The van der Waals surface area contributed by atoms with Crippen molar-refractivity contribution in [2.75, 3.05) is 12.4 Å². The van der Waals surface area contributed by atoms with Crippen LogP contribution in [0.1, 0.15) is 18.5 Å². The number of halogens is 2. The Bertz CT molecular complexity index is 557. The van der Waals surface area contributed by atoms with Gasteiger partial charge in [0.15, 0.2) is 0 Å². The quantitative estimate of drug-likeness (QED) is 0.879. The van der Waals surface area contributed by atoms with Crippen molar-refractivity contribution < 1.29 is 9.13 Å². The summed E-state index contributed by atoms with van der Waals surface area (Å²) in [6.07, 6.45) is 0. The highest BCUT2D eigenvalue weighted by Gasteiger charge is 2.09. The summed E-state index contributed by atoms with van der Waals surface area (Å²) in [7, 11) is 1.51. The SMILES string of the molecule is COc1ccc(N[C@@H](C)c2ccc(Cl)cc2)c(F)c1. The molecule has 0 amide bonds. The smallest absolute Gasteiger partial charge is 0.149 e. The van der Waals surface area contributed by atoms with E-state index in [1.807, 2.05) is 31.2 Å². The molecule has 2 rings (SSSR count). The molecule has 0 fully saturated rings. The van der Waals surface area contributed by atoms with E-state index in [4.69, 9.17) is 16.3 Å². The maximum atomic E-state index is 13.8. The number of methoxy groups -OCH3 is 1. The molecule has 0 aromatic heterocycles. The lowest BCUT2D eigenvalue weighted by atomic mass is 10.1. The average Bonchev–Trinajstić information content (AvgIpc) is 2.41. The standard InChI is InChI=1S/C15H15ClFNO/c1-10(11-3-5-12(16)6-4-11)18-15-8-7-13(19-2)9-14(15)17/h3-10,18H,1-2H3/t10-/m0/s1. The van der Waals surface area contributed by atoms with Crippen LogP contribution in [0.4, 0.5) is 10.1 Å². The summed E-state index contributed by atoms with van der Waals surface area (Å²) in [5.41, 5.74) is 1.49. The highest BCUT2D eigenvalue weighted by molar-refractivity contribution is 6.30. The van der Waals surface area contributed by atoms with Gasteiger partial charge in [-0.3, -0.25) is 0 Å². The van der Waals surface area contributed by atoms with Crippen molar-refractivity contribution in [3.05, 3.63) is 58.9 Å². The van der Waals surface area contributed by atoms with E-state index in [2.05, 4.69) is 5.32 Å². The molecule has 0 aliphatic rings. The van der Waals surface area contributed by atoms with Crippen LogP contribution >= 0.6 is 11.6 Å². The van der Waals surface area contributed by atoms with E-state index in [9.17, 15) is 4.39 Å². The van der Waals surface area contributed by atoms with Crippen LogP contribution in [0.2, 0.25) is 5.02 Å². The minimum absolute atomic E-state index is 0.0137. The molecule has 0 spiro atoms. The number of hydrogen-bond donors (Lipinski definition) is 1. The summed E-state index contributed by atoms with van der Waals surface area (Å²) in [5, 5.41) is 3.81. The third kappa shape index (κ3) is 3.38. The number of rotatable bonds is 4. The third-order valence-electron chi connectivity index (χ3n) is 2.92. The molecule has 2 aromatic rings. The maximum absolute atomic E-state index is 13.8. The molecule has 0 aliphatic heterocycles. The van der Waals surface area contributed by atoms with Crippen molar-refractivity contribution in [3.8, 4) is 5.75 Å². The van der Waals surface area contributed by atoms with Gasteiger partial charge in [0.2, 0.25) is 0 Å². The average molecular weight is 280 g/mol. The van der Waals surface area contributed by atoms with E-state index in [0.717, 1.165) is 5.56 Å². The zero-order chi connectivity index (χ0) is 13.8. The molecule has 0 bridgehead atoms. The summed E-state index contributed by atoms with van der Waals surface area (Å²) >= 11 is 5.84. The third-order valence-corrected chi connectivity index (χ3v) is 3.17. The van der Waals surface area contributed by atoms with Crippen LogP contribution in [0.15, 0.2) is 42.5 Å². The van der Waals surface area contributed by atoms with E-state index in [0.29, 0.717) is 16.5 Å². The lowest BCUT2D eigenvalue weighted by molar-refractivity contribution is 0.411. The first-order chi connectivity index (χ1) is 9.10. The molecule has 0 radical (unpaired) electrons. The minimum Gasteiger partial charge on any atom is -0.497 e. The zero-order valence-corrected chi connectivity index (χ0v) is 11.5. The fourth-order valence-corrected chi connectivity index (χ4v) is 1.93. The molecule has 0 saturated carbocycles. The van der Waals surface area contributed by atoms with Gasteiger partial charge in [-0.05, 0) is 36.8 Å². The highest BCUT2D eigenvalue weighted by Crippen LogP contribution is 2.25. The van der Waals surface area contributed by atoms with Crippen molar-refractivity contribution in [2.24, 2.45) is 0 Å². The molecule has 0 heterocycles. The van der Waals surface area contributed by atoms with E-state index in [-0.39, 0.29) is 11.9 Å². The number of anilines is 1. The van der Waals surface area contributed by atoms with Gasteiger partial charge in [0, 0.05) is 17.1 Å². The van der Waals surface area contributed by atoms with E-state index in [1.165, 1.54) is 13.2 Å². The van der Waals surface area contributed by atoms with Crippen molar-refractivity contribution in [3.63, 3.8) is 0 Å². The molecule has 1 N–H and O–H groups in total. The van der Waals surface area contributed by atoms with Gasteiger partial charge in [0.1, 0.15) is 11.6 Å². The molecule has 2 aromatic carbocycles. The lowest BCUT2D eigenvalue weighted by Gasteiger charge is -2.16. The Hall–Kier alpha value is -1.74. The monoisotopic (exact) mass is 279 g/mol. The molecule has 0 saturated heterocycles. The van der Waals surface area contributed by atoms with Crippen LogP contribution < -0.4 is 10.1 Å². The highest BCUT2D eigenvalue weighted by atomic mass is 35.5. The Morgan fingerprint density at radius 1 is 1.16 bits per heavy atom. The van der Waals surface area contributed by atoms with Crippen molar-refractivity contribution in [2.45, 2.75) is 13.0 Å². The van der Waals surface area contributed by atoms with Crippen molar-refractivity contribution in [1.29, 1.82) is 0 Å². The fourth-order valence-electron chi connectivity index (χ4n) is 1.81. The van der Waals surface area contributed by atoms with Gasteiger partial charge < -0.3 is 10.1 Å². The summed E-state index contributed by atoms with van der Waals surface area (Å²) in [6.45, 7) is 1.97. The number of ether oxygens (including phenoxy) is 1. The summed E-state index contributed by atoms with van der Waals surface area (Å²) < 4.78 is 18.8. The first-order valence-electron chi connectivity index (χ1n) is 5.95. The Morgan fingerprint density at radius 3 is 2.42 bits per heavy atom. The Kier molecular flexibility index (Phi) is 4.27. The summed E-state index contributed by atoms with van der Waals surface area (Å²) in [5.74, 6) is 0.169. The second-order valence-corrected chi connectivity index (χ2v) is 4.70. The van der Waals surface area contributed by atoms with Crippen molar-refractivity contribution >= 4 is 17.3 Å². The van der Waals surface area contributed by atoms with E-state index < -0.39 is 0 Å². The number of hydrogen-bond acceptors (Lipinski definition) is 2. The van der Waals surface area contributed by atoms with E-state index in [1.54, 1.807) is 12.1 Å². The Balaban J connectivity index is 2.14. The van der Waals surface area contributed by atoms with Gasteiger partial charge in [-0.1, -0.05) is 23.7 Å². The zero-order valence-electron chi connectivity index (χ0n) is 10.8. The van der Waals surface area contributed by atoms with Crippen LogP contribution in [0, 0.1) is 5.82 Å². The van der Waals surface area contributed by atoms with Gasteiger partial charge in [-0.25, -0.2) is 4.39 Å². The second-order valence-electron chi connectivity index (χ2n) is 4.26. The molecule has 100 valence electrons. The topological polar surface area (TPSA) is 21.3 Å². The second kappa shape index (κ2) is 5.93. The predicted molar refractivity (Wildman–Crippen MR) is 76.4 cm³/mol. The van der Waals surface area contributed by atoms with Crippen LogP contribution in [0.25, 0.3) is 0 Å². The molecule has 2 nitrogen and oxygen atoms in total. The molecule has 4 heteroatoms. The lowest BCUT2D eigenvalue weighted by Crippen LogP contribution is -2.07. The normalized spacial score (nSPS) is 12.0. The van der Waals surface area contributed by atoms with Gasteiger partial charge in [0.05, 0.1) is 12.8 Å². The van der Waals surface area contributed by atoms with Gasteiger partial charge in [-0.2, -0.15) is 0 Å². The predicted octanol–water partition coefficient (Wildman–Crippen LogP) is 4.66. The largest absolute Gasteiger partial charge is 0.497 e. The molecule has 19 heavy (non-hydrogen) atoms. The van der Waals surface area contributed by atoms with Crippen LogP contribution in [0.3, 0.4) is 0 Å². The van der Waals surface area contributed by atoms with Gasteiger partial charge in [0.25, 0.3) is 0 Å². The number of benzene rings is 2. The molecule has 1 atom stereocenters. The van der Waals surface area contributed by atoms with E-state index >= 15 is 0 Å². The van der Waals surface area contributed by atoms with Crippen molar-refractivity contribution in [1.82, 2.24) is 0 Å². The molecule has 0 aliphatic carbocycles. The fraction of sp³-hybridized carbons (Fsp3) is 0.200. The number of nitrogens with one attached hydrogen (secondary N) is 1. The van der Waals surface area contributed by atoms with Gasteiger partial charge >= 0.3 is 0 Å². The van der Waals surface area contributed by atoms with Crippen LogP contribution in [-0.4, -0.2) is 7.11 Å². The maximum Gasteiger partial charge on any atom is 0.149 e. The first-order valence-corrected chi connectivity index (χ1v) is 6.33. The molecular formula is C15H15ClFNO. The first kappa shape index (κ1) is 13.7. The summed E-state index contributed by atoms with van der Waals surface area (Å²) in [4.78, 5) is 0. The Morgan fingerprint density at radius 2 is 1.84 bits per heavy atom.